The fourth-order valence-corrected chi connectivity index (χ4v) is 4.82. The van der Waals surface area contributed by atoms with Gasteiger partial charge in [-0.2, -0.15) is 0 Å². The summed E-state index contributed by atoms with van der Waals surface area (Å²) in [5.74, 6) is 0.116. The summed E-state index contributed by atoms with van der Waals surface area (Å²) in [6.07, 6.45) is 3.38. The highest BCUT2D eigenvalue weighted by Crippen LogP contribution is 2.26. The second-order valence-corrected chi connectivity index (χ2v) is 8.57. The maximum Gasteiger partial charge on any atom is 0.334 e. The lowest BCUT2D eigenvalue weighted by Gasteiger charge is -2.30. The summed E-state index contributed by atoms with van der Waals surface area (Å²) in [6, 6.07) is 7.67. The minimum atomic E-state index is -0.324. The number of benzene rings is 1. The maximum atomic E-state index is 13.0. The van der Waals surface area contributed by atoms with Crippen molar-refractivity contribution in [2.75, 3.05) is 36.4 Å². The molecule has 0 radical (unpaired) electrons. The standard InChI is InChI=1S/C22H23N7O2S/c1-14-4-3-5-17-19(14)27(2)22(31)29(17)18-13-32-21(26-18)20(30)25-15-12-24-7-6-16(15)28-10-8-23-9-11-28/h3-7,12-13,23H,8-11H2,1-2H3,(H,25,30). The monoisotopic (exact) mass is 449 g/mol. The van der Waals surface area contributed by atoms with Crippen molar-refractivity contribution in [3.63, 3.8) is 0 Å². The van der Waals surface area contributed by atoms with Crippen molar-refractivity contribution in [2.24, 2.45) is 7.05 Å². The minimum absolute atomic E-state index is 0.195. The van der Waals surface area contributed by atoms with Gasteiger partial charge in [-0.05, 0) is 24.6 Å². The first-order valence-electron chi connectivity index (χ1n) is 10.4. The van der Waals surface area contributed by atoms with E-state index < -0.39 is 0 Å². The Kier molecular flexibility index (Phi) is 5.24. The molecule has 0 bridgehead atoms. The highest BCUT2D eigenvalue weighted by Gasteiger charge is 2.20. The third-order valence-electron chi connectivity index (χ3n) is 5.69. The number of thiazole rings is 1. The number of amides is 1. The molecule has 0 spiro atoms. The molecular formula is C22H23N7O2S. The van der Waals surface area contributed by atoms with Gasteiger partial charge in [-0.3, -0.25) is 14.3 Å². The first-order chi connectivity index (χ1) is 15.5. The first kappa shape index (κ1) is 20.4. The van der Waals surface area contributed by atoms with Crippen molar-refractivity contribution < 1.29 is 4.79 Å². The van der Waals surface area contributed by atoms with Crippen molar-refractivity contribution >= 4 is 39.7 Å². The molecule has 0 unspecified atom stereocenters. The van der Waals surface area contributed by atoms with Crippen LogP contribution >= 0.6 is 11.3 Å². The Morgan fingerprint density at radius 2 is 2.03 bits per heavy atom. The number of nitrogens with one attached hydrogen (secondary N) is 2. The predicted molar refractivity (Wildman–Crippen MR) is 126 cm³/mol. The summed E-state index contributed by atoms with van der Waals surface area (Å²) in [4.78, 5) is 36.8. The zero-order valence-electron chi connectivity index (χ0n) is 17.8. The second-order valence-electron chi connectivity index (χ2n) is 7.71. The van der Waals surface area contributed by atoms with Crippen LogP contribution in [0.4, 0.5) is 11.4 Å². The van der Waals surface area contributed by atoms with Gasteiger partial charge in [0.15, 0.2) is 10.8 Å². The SMILES string of the molecule is Cc1cccc2c1n(C)c(=O)n2-c1csc(C(=O)Nc2cnccc2N2CCNCC2)n1. The summed E-state index contributed by atoms with van der Waals surface area (Å²) in [5, 5.41) is 8.29. The molecule has 1 saturated heterocycles. The number of aryl methyl sites for hydroxylation is 2. The van der Waals surface area contributed by atoms with E-state index in [1.54, 1.807) is 34.0 Å². The highest BCUT2D eigenvalue weighted by atomic mass is 32.1. The van der Waals surface area contributed by atoms with Gasteiger partial charge in [-0.25, -0.2) is 14.3 Å². The summed E-state index contributed by atoms with van der Waals surface area (Å²) >= 11 is 1.21. The number of carbonyl (C=O) groups excluding carboxylic acids is 1. The van der Waals surface area contributed by atoms with Crippen LogP contribution in [0.15, 0.2) is 46.8 Å². The van der Waals surface area contributed by atoms with E-state index in [-0.39, 0.29) is 16.6 Å². The van der Waals surface area contributed by atoms with Crippen LogP contribution < -0.4 is 21.2 Å². The Morgan fingerprint density at radius 1 is 1.22 bits per heavy atom. The number of piperazine rings is 1. The molecule has 4 aromatic rings. The molecule has 3 aromatic heterocycles. The van der Waals surface area contributed by atoms with Gasteiger partial charge in [-0.1, -0.05) is 12.1 Å². The number of imidazole rings is 1. The Hall–Kier alpha value is -3.50. The average Bonchev–Trinajstić information content (AvgIpc) is 3.39. The number of aromatic nitrogens is 4. The average molecular weight is 450 g/mol. The third-order valence-corrected chi connectivity index (χ3v) is 6.52. The van der Waals surface area contributed by atoms with Gasteiger partial charge < -0.3 is 15.5 Å². The van der Waals surface area contributed by atoms with Crippen LogP contribution in [-0.4, -0.2) is 51.2 Å². The molecule has 0 atom stereocenters. The number of nitrogens with zero attached hydrogens (tertiary/aromatic N) is 5. The van der Waals surface area contributed by atoms with Crippen molar-refractivity contribution in [1.29, 1.82) is 0 Å². The van der Waals surface area contributed by atoms with Gasteiger partial charge >= 0.3 is 5.69 Å². The smallest absolute Gasteiger partial charge is 0.334 e. The lowest BCUT2D eigenvalue weighted by Crippen LogP contribution is -2.43. The van der Waals surface area contributed by atoms with E-state index >= 15 is 0 Å². The van der Waals surface area contributed by atoms with Crippen molar-refractivity contribution in [1.82, 2.24) is 24.4 Å². The number of para-hydroxylation sites is 1. The topological polar surface area (TPSA) is 97.1 Å². The molecule has 32 heavy (non-hydrogen) atoms. The molecule has 164 valence electrons. The van der Waals surface area contributed by atoms with Crippen molar-refractivity contribution in [3.05, 3.63) is 63.1 Å². The molecule has 1 aliphatic rings. The molecule has 4 heterocycles. The second kappa shape index (κ2) is 8.21. The van der Waals surface area contributed by atoms with Crippen molar-refractivity contribution in [3.8, 4) is 5.82 Å². The fourth-order valence-electron chi connectivity index (χ4n) is 4.14. The zero-order valence-corrected chi connectivity index (χ0v) is 18.6. The van der Waals surface area contributed by atoms with Crippen LogP contribution in [0.3, 0.4) is 0 Å². The van der Waals surface area contributed by atoms with Gasteiger partial charge in [-0.15, -0.1) is 11.3 Å². The van der Waals surface area contributed by atoms with Crippen LogP contribution in [0.25, 0.3) is 16.9 Å². The first-order valence-corrected chi connectivity index (χ1v) is 11.3. The van der Waals surface area contributed by atoms with Gasteiger partial charge in [0.25, 0.3) is 5.91 Å². The summed E-state index contributed by atoms with van der Waals surface area (Å²) in [6.45, 7) is 5.47. The van der Waals surface area contributed by atoms with Crippen LogP contribution in [0, 0.1) is 6.92 Å². The molecule has 1 aromatic carbocycles. The molecule has 10 heteroatoms. The van der Waals surface area contributed by atoms with Gasteiger partial charge in [0.2, 0.25) is 0 Å². The summed E-state index contributed by atoms with van der Waals surface area (Å²) < 4.78 is 3.16. The molecule has 1 fully saturated rings. The number of carbonyl (C=O) groups is 1. The predicted octanol–water partition coefficient (Wildman–Crippen LogP) is 2.15. The van der Waals surface area contributed by atoms with E-state index in [1.807, 2.05) is 31.2 Å². The Morgan fingerprint density at radius 3 is 2.84 bits per heavy atom. The number of hydrogen-bond acceptors (Lipinski definition) is 7. The quantitative estimate of drug-likeness (QED) is 0.496. The van der Waals surface area contributed by atoms with E-state index in [0.717, 1.165) is 48.5 Å². The molecule has 1 aliphatic heterocycles. The number of hydrogen-bond donors (Lipinski definition) is 2. The van der Waals surface area contributed by atoms with Crippen LogP contribution in [0.2, 0.25) is 0 Å². The number of pyridine rings is 1. The highest BCUT2D eigenvalue weighted by molar-refractivity contribution is 7.12. The van der Waals surface area contributed by atoms with Gasteiger partial charge in [0.05, 0.1) is 28.6 Å². The molecule has 0 aliphatic carbocycles. The third kappa shape index (κ3) is 3.47. The molecule has 0 saturated carbocycles. The summed E-state index contributed by atoms with van der Waals surface area (Å²) in [5.41, 5.74) is 4.02. The van der Waals surface area contributed by atoms with Crippen LogP contribution in [0.5, 0.6) is 0 Å². The van der Waals surface area contributed by atoms with Crippen LogP contribution in [0.1, 0.15) is 15.4 Å². The van der Waals surface area contributed by atoms with Crippen LogP contribution in [-0.2, 0) is 7.05 Å². The summed E-state index contributed by atoms with van der Waals surface area (Å²) in [7, 11) is 1.74. The molecule has 1 amide bonds. The largest absolute Gasteiger partial charge is 0.367 e. The fraction of sp³-hybridized carbons (Fsp3) is 0.273. The molecular weight excluding hydrogens is 426 g/mol. The van der Waals surface area contributed by atoms with E-state index in [9.17, 15) is 9.59 Å². The lowest BCUT2D eigenvalue weighted by atomic mass is 10.2. The number of fused-ring (bicyclic) bond motifs is 1. The maximum absolute atomic E-state index is 13.0. The van der Waals surface area contributed by atoms with Gasteiger partial charge in [0.1, 0.15) is 0 Å². The Bertz CT molecular complexity index is 1360. The van der Waals surface area contributed by atoms with E-state index in [1.165, 1.54) is 11.3 Å². The number of rotatable bonds is 4. The molecule has 5 rings (SSSR count). The molecule has 2 N–H and O–H groups in total. The van der Waals surface area contributed by atoms with Crippen molar-refractivity contribution in [2.45, 2.75) is 6.92 Å². The number of anilines is 2. The normalized spacial score (nSPS) is 14.1. The zero-order chi connectivity index (χ0) is 22.2. The van der Waals surface area contributed by atoms with Gasteiger partial charge in [0, 0.05) is 44.8 Å². The lowest BCUT2D eigenvalue weighted by molar-refractivity contribution is 0.102. The minimum Gasteiger partial charge on any atom is -0.367 e. The van der Waals surface area contributed by atoms with E-state index in [0.29, 0.717) is 11.5 Å². The Labute approximate surface area is 188 Å². The Balaban J connectivity index is 1.45. The molecule has 9 nitrogen and oxygen atoms in total. The van der Waals surface area contributed by atoms with E-state index in [2.05, 4.69) is 25.5 Å². The van der Waals surface area contributed by atoms with E-state index in [4.69, 9.17) is 0 Å².